The zero-order valence-corrected chi connectivity index (χ0v) is 22.7. The van der Waals surface area contributed by atoms with E-state index in [0.717, 1.165) is 19.3 Å². The standard InChI is InChI=1S/C28H28Cl2FN5O/c1-14(2)22-25(26(30)33-13-32-22)36-27-19(12-20(29)24(34-27)17-7-5-6-8-21(17)31)23(35-28(36)37)18-11-15(3)9-10-16(18)4/h5-8,12-16,18H,9-11H2,1-4H3/t15-,16-,18?/m0/s1. The number of halogens is 3. The molecule has 3 aromatic heterocycles. The molecule has 1 aromatic carbocycles. The minimum atomic E-state index is -0.527. The molecule has 1 aliphatic rings. The maximum Gasteiger partial charge on any atom is 0.354 e. The van der Waals surface area contributed by atoms with E-state index in [4.69, 9.17) is 28.2 Å². The van der Waals surface area contributed by atoms with E-state index in [1.807, 2.05) is 13.8 Å². The van der Waals surface area contributed by atoms with E-state index in [1.165, 1.54) is 17.0 Å². The van der Waals surface area contributed by atoms with Gasteiger partial charge in [0.05, 0.1) is 22.1 Å². The van der Waals surface area contributed by atoms with Crippen molar-refractivity contribution in [2.24, 2.45) is 11.8 Å². The lowest BCUT2D eigenvalue weighted by molar-refractivity contribution is 0.262. The Morgan fingerprint density at radius 3 is 2.57 bits per heavy atom. The highest BCUT2D eigenvalue weighted by Gasteiger charge is 2.32. The SMILES string of the molecule is CC(C)c1ncnc(Cl)c1-n1c(=O)nc(C2C[C@@H](C)CC[C@@H]2C)c2cc(Cl)c(-c3ccccc3F)nc21. The molecule has 0 radical (unpaired) electrons. The highest BCUT2D eigenvalue weighted by Crippen LogP contribution is 2.43. The molecule has 3 heterocycles. The van der Waals surface area contributed by atoms with Gasteiger partial charge in [-0.3, -0.25) is 0 Å². The lowest BCUT2D eigenvalue weighted by atomic mass is 9.73. The maximum absolute atomic E-state index is 14.8. The van der Waals surface area contributed by atoms with Gasteiger partial charge in [0.25, 0.3) is 0 Å². The summed E-state index contributed by atoms with van der Waals surface area (Å²) in [6.07, 6.45) is 4.46. The van der Waals surface area contributed by atoms with Crippen LogP contribution in [0.2, 0.25) is 10.2 Å². The Balaban J connectivity index is 1.90. The minimum Gasteiger partial charge on any atom is -0.245 e. The number of nitrogens with zero attached hydrogens (tertiary/aromatic N) is 5. The van der Waals surface area contributed by atoms with Gasteiger partial charge in [-0.15, -0.1) is 0 Å². The smallest absolute Gasteiger partial charge is 0.245 e. The lowest BCUT2D eigenvalue weighted by Gasteiger charge is -2.33. The first-order valence-electron chi connectivity index (χ1n) is 12.6. The fraction of sp³-hybridized carbons (Fsp3) is 0.393. The predicted octanol–water partition coefficient (Wildman–Crippen LogP) is 7.35. The molecule has 0 amide bonds. The number of aromatic nitrogens is 5. The molecule has 0 saturated heterocycles. The first kappa shape index (κ1) is 25.7. The van der Waals surface area contributed by atoms with Crippen LogP contribution >= 0.6 is 23.2 Å². The van der Waals surface area contributed by atoms with Crippen LogP contribution in [0.1, 0.15) is 70.2 Å². The highest BCUT2D eigenvalue weighted by atomic mass is 35.5. The molecule has 1 unspecified atom stereocenters. The summed E-state index contributed by atoms with van der Waals surface area (Å²) in [5, 5.41) is 1.03. The van der Waals surface area contributed by atoms with Crippen molar-refractivity contribution in [3.05, 3.63) is 74.5 Å². The zero-order chi connectivity index (χ0) is 26.4. The van der Waals surface area contributed by atoms with E-state index in [1.54, 1.807) is 24.3 Å². The molecule has 192 valence electrons. The Bertz CT molecular complexity index is 1550. The van der Waals surface area contributed by atoms with E-state index in [0.29, 0.717) is 39.9 Å². The van der Waals surface area contributed by atoms with Crippen molar-refractivity contribution in [1.82, 2.24) is 24.5 Å². The van der Waals surface area contributed by atoms with E-state index in [-0.39, 0.29) is 33.3 Å². The first-order valence-corrected chi connectivity index (χ1v) is 13.3. The van der Waals surface area contributed by atoms with Gasteiger partial charge in [0, 0.05) is 16.9 Å². The second kappa shape index (κ2) is 10.1. The lowest BCUT2D eigenvalue weighted by Crippen LogP contribution is -2.29. The van der Waals surface area contributed by atoms with Crippen molar-refractivity contribution in [3.8, 4) is 16.9 Å². The molecule has 5 rings (SSSR count). The molecule has 4 aromatic rings. The van der Waals surface area contributed by atoms with Crippen molar-refractivity contribution in [2.75, 3.05) is 0 Å². The van der Waals surface area contributed by atoms with Gasteiger partial charge in [-0.25, -0.2) is 28.7 Å². The molecule has 1 fully saturated rings. The van der Waals surface area contributed by atoms with Crippen LogP contribution in [0, 0.1) is 17.7 Å². The fourth-order valence-electron chi connectivity index (χ4n) is 5.38. The Kier molecular flexibility index (Phi) is 7.03. The Morgan fingerprint density at radius 2 is 1.84 bits per heavy atom. The molecule has 0 aliphatic heterocycles. The Morgan fingerprint density at radius 1 is 1.08 bits per heavy atom. The second-order valence-electron chi connectivity index (χ2n) is 10.3. The monoisotopic (exact) mass is 539 g/mol. The first-order chi connectivity index (χ1) is 17.7. The third kappa shape index (κ3) is 4.64. The van der Waals surface area contributed by atoms with Gasteiger partial charge >= 0.3 is 5.69 Å². The van der Waals surface area contributed by atoms with Crippen molar-refractivity contribution < 1.29 is 4.39 Å². The van der Waals surface area contributed by atoms with Crippen LogP contribution in [0.3, 0.4) is 0 Å². The molecule has 0 spiro atoms. The van der Waals surface area contributed by atoms with Crippen molar-refractivity contribution in [2.45, 2.75) is 58.8 Å². The van der Waals surface area contributed by atoms with Crippen molar-refractivity contribution in [1.29, 1.82) is 0 Å². The van der Waals surface area contributed by atoms with Gasteiger partial charge < -0.3 is 0 Å². The summed E-state index contributed by atoms with van der Waals surface area (Å²) in [6.45, 7) is 8.33. The van der Waals surface area contributed by atoms with E-state index in [2.05, 4.69) is 28.8 Å². The zero-order valence-electron chi connectivity index (χ0n) is 21.2. The topological polar surface area (TPSA) is 73.6 Å². The number of pyridine rings is 1. The highest BCUT2D eigenvalue weighted by molar-refractivity contribution is 6.34. The summed E-state index contributed by atoms with van der Waals surface area (Å²) < 4.78 is 16.2. The number of rotatable bonds is 4. The van der Waals surface area contributed by atoms with E-state index >= 15 is 0 Å². The van der Waals surface area contributed by atoms with Gasteiger partial charge in [0.2, 0.25) is 0 Å². The Hall–Kier alpha value is -2.90. The van der Waals surface area contributed by atoms with Crippen LogP contribution in [0.25, 0.3) is 28.0 Å². The third-order valence-corrected chi connectivity index (χ3v) is 7.93. The molecule has 0 bridgehead atoms. The van der Waals surface area contributed by atoms with Crippen molar-refractivity contribution in [3.63, 3.8) is 0 Å². The average Bonchev–Trinajstić information content (AvgIpc) is 2.86. The van der Waals surface area contributed by atoms with Crippen LogP contribution in [-0.4, -0.2) is 24.5 Å². The summed E-state index contributed by atoms with van der Waals surface area (Å²) in [5.74, 6) is 0.388. The van der Waals surface area contributed by atoms with E-state index < -0.39 is 11.5 Å². The second-order valence-corrected chi connectivity index (χ2v) is 11.1. The molecule has 3 atom stereocenters. The van der Waals surface area contributed by atoms with Crippen LogP contribution in [0.4, 0.5) is 4.39 Å². The summed E-state index contributed by atoms with van der Waals surface area (Å²) in [6, 6.07) is 8.04. The van der Waals surface area contributed by atoms with Gasteiger partial charge in [0.1, 0.15) is 17.8 Å². The van der Waals surface area contributed by atoms with Gasteiger partial charge in [-0.2, -0.15) is 4.98 Å². The van der Waals surface area contributed by atoms with Crippen molar-refractivity contribution >= 4 is 34.2 Å². The quantitative estimate of drug-likeness (QED) is 0.253. The van der Waals surface area contributed by atoms with Gasteiger partial charge in [-0.05, 0) is 48.8 Å². The fourth-order valence-corrected chi connectivity index (χ4v) is 5.86. The van der Waals surface area contributed by atoms with Gasteiger partial charge in [0.15, 0.2) is 10.8 Å². The summed E-state index contributed by atoms with van der Waals surface area (Å²) in [7, 11) is 0. The summed E-state index contributed by atoms with van der Waals surface area (Å²) >= 11 is 13.3. The molecular weight excluding hydrogens is 512 g/mol. The number of hydrogen-bond acceptors (Lipinski definition) is 5. The molecular formula is C28H28Cl2FN5O. The van der Waals surface area contributed by atoms with Crippen LogP contribution in [0.15, 0.2) is 41.5 Å². The minimum absolute atomic E-state index is 0.0605. The molecule has 6 nitrogen and oxygen atoms in total. The van der Waals surface area contributed by atoms with E-state index in [9.17, 15) is 9.18 Å². The molecule has 1 aliphatic carbocycles. The van der Waals surface area contributed by atoms with Crippen LogP contribution in [0.5, 0.6) is 0 Å². The van der Waals surface area contributed by atoms with Gasteiger partial charge in [-0.1, -0.05) is 69.5 Å². The van der Waals surface area contributed by atoms with Crippen LogP contribution in [-0.2, 0) is 0 Å². The molecule has 37 heavy (non-hydrogen) atoms. The number of benzene rings is 1. The molecule has 9 heteroatoms. The normalized spacial score (nSPS) is 20.1. The van der Waals surface area contributed by atoms with Crippen LogP contribution < -0.4 is 5.69 Å². The number of fused-ring (bicyclic) bond motifs is 1. The Labute approximate surface area is 224 Å². The molecule has 0 N–H and O–H groups in total. The molecule has 1 saturated carbocycles. The average molecular weight is 540 g/mol. The summed E-state index contributed by atoms with van der Waals surface area (Å²) in [4.78, 5) is 31.8. The summed E-state index contributed by atoms with van der Waals surface area (Å²) in [5.41, 5.74) is 1.84. The largest absolute Gasteiger partial charge is 0.354 e. The maximum atomic E-state index is 14.8. The number of hydrogen-bond donors (Lipinski definition) is 0. The third-order valence-electron chi connectivity index (χ3n) is 7.37. The predicted molar refractivity (Wildman–Crippen MR) is 145 cm³/mol.